The van der Waals surface area contributed by atoms with Crippen LogP contribution in [0, 0.1) is 5.92 Å². The molecule has 21 heavy (non-hydrogen) atoms. The monoisotopic (exact) mass is 287 g/mol. The Bertz CT molecular complexity index is 502. The largest absolute Gasteiger partial charge is 0.343 e. The molecule has 1 atom stereocenters. The SMILES string of the molecule is CCc1ccc(C(=O)CCC(=O)N(C)C(C)C2CC2)cc1. The zero-order chi connectivity index (χ0) is 15.4. The molecule has 3 nitrogen and oxygen atoms in total. The van der Waals surface area contributed by atoms with Crippen LogP contribution in [0.25, 0.3) is 0 Å². The topological polar surface area (TPSA) is 37.4 Å². The molecule has 2 rings (SSSR count). The van der Waals surface area contributed by atoms with Crippen LogP contribution in [0.2, 0.25) is 0 Å². The van der Waals surface area contributed by atoms with Crippen LogP contribution in [0.4, 0.5) is 0 Å². The van der Waals surface area contributed by atoms with Gasteiger partial charge in [0.2, 0.25) is 5.91 Å². The number of hydrogen-bond donors (Lipinski definition) is 0. The Hall–Kier alpha value is -1.64. The van der Waals surface area contributed by atoms with Gasteiger partial charge >= 0.3 is 0 Å². The second-order valence-corrected chi connectivity index (χ2v) is 6.06. The minimum Gasteiger partial charge on any atom is -0.343 e. The van der Waals surface area contributed by atoms with E-state index in [0.29, 0.717) is 30.4 Å². The van der Waals surface area contributed by atoms with Gasteiger partial charge in [0.1, 0.15) is 0 Å². The molecule has 1 aromatic rings. The van der Waals surface area contributed by atoms with E-state index in [9.17, 15) is 9.59 Å². The molecule has 0 aromatic heterocycles. The Morgan fingerprint density at radius 3 is 2.33 bits per heavy atom. The van der Waals surface area contributed by atoms with Gasteiger partial charge in [0.25, 0.3) is 0 Å². The first-order valence-corrected chi connectivity index (χ1v) is 7.90. The highest BCUT2D eigenvalue weighted by Crippen LogP contribution is 2.34. The minimum absolute atomic E-state index is 0.0541. The van der Waals surface area contributed by atoms with Gasteiger partial charge in [-0.1, -0.05) is 31.2 Å². The fourth-order valence-corrected chi connectivity index (χ4v) is 2.59. The molecule has 0 heterocycles. The second-order valence-electron chi connectivity index (χ2n) is 6.06. The maximum absolute atomic E-state index is 12.1. The number of Topliss-reactive ketones (excluding diaryl/α,β-unsaturated/α-hetero) is 1. The number of ketones is 1. The maximum atomic E-state index is 12.1. The summed E-state index contributed by atoms with van der Waals surface area (Å²) >= 11 is 0. The van der Waals surface area contributed by atoms with Crippen LogP contribution in [0.5, 0.6) is 0 Å². The molecule has 3 heteroatoms. The lowest BCUT2D eigenvalue weighted by Crippen LogP contribution is -2.36. The lowest BCUT2D eigenvalue weighted by molar-refractivity contribution is -0.132. The predicted molar refractivity (Wildman–Crippen MR) is 84.3 cm³/mol. The summed E-state index contributed by atoms with van der Waals surface area (Å²) in [7, 11) is 1.85. The van der Waals surface area contributed by atoms with E-state index in [1.165, 1.54) is 18.4 Å². The number of benzene rings is 1. The van der Waals surface area contributed by atoms with Crippen molar-refractivity contribution in [1.29, 1.82) is 0 Å². The third-order valence-electron chi connectivity index (χ3n) is 4.56. The lowest BCUT2D eigenvalue weighted by atomic mass is 10.0. The van der Waals surface area contributed by atoms with E-state index in [1.54, 1.807) is 0 Å². The molecule has 0 saturated heterocycles. The third kappa shape index (κ3) is 4.16. The van der Waals surface area contributed by atoms with E-state index in [0.717, 1.165) is 6.42 Å². The van der Waals surface area contributed by atoms with Crippen molar-refractivity contribution in [3.63, 3.8) is 0 Å². The molecule has 0 spiro atoms. The highest BCUT2D eigenvalue weighted by Gasteiger charge is 2.32. The van der Waals surface area contributed by atoms with Crippen molar-refractivity contribution >= 4 is 11.7 Å². The second kappa shape index (κ2) is 6.88. The maximum Gasteiger partial charge on any atom is 0.223 e. The highest BCUT2D eigenvalue weighted by molar-refractivity contribution is 5.97. The first-order chi connectivity index (χ1) is 10.0. The Morgan fingerprint density at radius 1 is 1.19 bits per heavy atom. The fourth-order valence-electron chi connectivity index (χ4n) is 2.59. The van der Waals surface area contributed by atoms with Gasteiger partial charge in [0, 0.05) is 31.5 Å². The van der Waals surface area contributed by atoms with Gasteiger partial charge in [-0.15, -0.1) is 0 Å². The Labute approximate surface area is 127 Å². The van der Waals surface area contributed by atoms with Gasteiger partial charge in [-0.05, 0) is 37.7 Å². The molecule has 1 unspecified atom stereocenters. The van der Waals surface area contributed by atoms with Crippen molar-refractivity contribution in [2.24, 2.45) is 5.92 Å². The molecule has 1 aliphatic rings. The van der Waals surface area contributed by atoms with Crippen molar-refractivity contribution in [1.82, 2.24) is 4.90 Å². The van der Waals surface area contributed by atoms with E-state index in [2.05, 4.69) is 13.8 Å². The van der Waals surface area contributed by atoms with Crippen molar-refractivity contribution in [2.75, 3.05) is 7.05 Å². The summed E-state index contributed by atoms with van der Waals surface area (Å²) in [4.78, 5) is 26.1. The lowest BCUT2D eigenvalue weighted by Gasteiger charge is -2.24. The summed E-state index contributed by atoms with van der Waals surface area (Å²) in [5.74, 6) is 0.794. The number of nitrogens with zero attached hydrogens (tertiary/aromatic N) is 1. The van der Waals surface area contributed by atoms with E-state index >= 15 is 0 Å². The molecule has 1 saturated carbocycles. The summed E-state index contributed by atoms with van der Waals surface area (Å²) in [6, 6.07) is 7.99. The van der Waals surface area contributed by atoms with Crippen LogP contribution < -0.4 is 0 Å². The normalized spacial score (nSPS) is 15.6. The fraction of sp³-hybridized carbons (Fsp3) is 0.556. The minimum atomic E-state index is 0.0541. The Kier molecular flexibility index (Phi) is 5.16. The quantitative estimate of drug-likeness (QED) is 0.720. The number of hydrogen-bond acceptors (Lipinski definition) is 2. The number of carbonyl (C=O) groups is 2. The predicted octanol–water partition coefficient (Wildman–Crippen LogP) is 3.47. The first kappa shape index (κ1) is 15.7. The standard InChI is InChI=1S/C18H25NO2/c1-4-14-5-7-16(8-6-14)17(20)11-12-18(21)19(3)13(2)15-9-10-15/h5-8,13,15H,4,9-12H2,1-3H3. The van der Waals surface area contributed by atoms with Gasteiger partial charge in [-0.2, -0.15) is 0 Å². The number of carbonyl (C=O) groups excluding carboxylic acids is 2. The molecule has 0 aliphatic heterocycles. The van der Waals surface area contributed by atoms with Crippen LogP contribution >= 0.6 is 0 Å². The molecule has 1 fully saturated rings. The number of aryl methyl sites for hydroxylation is 1. The average molecular weight is 287 g/mol. The van der Waals surface area contributed by atoms with Crippen molar-refractivity contribution in [2.45, 2.75) is 52.0 Å². The van der Waals surface area contributed by atoms with Crippen molar-refractivity contribution in [3.05, 3.63) is 35.4 Å². The van der Waals surface area contributed by atoms with Crippen LogP contribution in [0.15, 0.2) is 24.3 Å². The molecule has 0 bridgehead atoms. The summed E-state index contributed by atoms with van der Waals surface area (Å²) < 4.78 is 0. The van der Waals surface area contributed by atoms with E-state index in [1.807, 2.05) is 36.2 Å². The summed E-state index contributed by atoms with van der Waals surface area (Å²) in [6.07, 6.45) is 4.02. The van der Waals surface area contributed by atoms with Crippen LogP contribution in [-0.4, -0.2) is 29.7 Å². The molecule has 1 aromatic carbocycles. The summed E-state index contributed by atoms with van der Waals surface area (Å²) in [5.41, 5.74) is 1.93. The Morgan fingerprint density at radius 2 is 1.81 bits per heavy atom. The summed E-state index contributed by atoms with van der Waals surface area (Å²) in [5, 5.41) is 0. The smallest absolute Gasteiger partial charge is 0.223 e. The van der Waals surface area contributed by atoms with Crippen LogP contribution in [0.1, 0.15) is 55.5 Å². The average Bonchev–Trinajstić information content (AvgIpc) is 3.35. The van der Waals surface area contributed by atoms with Crippen molar-refractivity contribution < 1.29 is 9.59 Å². The van der Waals surface area contributed by atoms with Gasteiger partial charge in [0.15, 0.2) is 5.78 Å². The van der Waals surface area contributed by atoms with Gasteiger partial charge < -0.3 is 4.90 Å². The van der Waals surface area contributed by atoms with Crippen LogP contribution in [-0.2, 0) is 11.2 Å². The molecular weight excluding hydrogens is 262 g/mol. The molecule has 1 aliphatic carbocycles. The molecule has 114 valence electrons. The van der Waals surface area contributed by atoms with Gasteiger partial charge in [-0.25, -0.2) is 0 Å². The molecule has 0 N–H and O–H groups in total. The molecule has 1 amide bonds. The van der Waals surface area contributed by atoms with Gasteiger partial charge in [-0.3, -0.25) is 9.59 Å². The highest BCUT2D eigenvalue weighted by atomic mass is 16.2. The first-order valence-electron chi connectivity index (χ1n) is 7.90. The van der Waals surface area contributed by atoms with Crippen molar-refractivity contribution in [3.8, 4) is 0 Å². The van der Waals surface area contributed by atoms with Gasteiger partial charge in [0.05, 0.1) is 0 Å². The third-order valence-corrected chi connectivity index (χ3v) is 4.56. The molecule has 0 radical (unpaired) electrons. The Balaban J connectivity index is 1.83. The number of amides is 1. The van der Waals surface area contributed by atoms with E-state index < -0.39 is 0 Å². The van der Waals surface area contributed by atoms with E-state index in [-0.39, 0.29) is 11.7 Å². The van der Waals surface area contributed by atoms with Crippen LogP contribution in [0.3, 0.4) is 0 Å². The molecular formula is C18H25NO2. The zero-order valence-corrected chi connectivity index (χ0v) is 13.3. The zero-order valence-electron chi connectivity index (χ0n) is 13.3. The van der Waals surface area contributed by atoms with E-state index in [4.69, 9.17) is 0 Å². The number of rotatable bonds is 7. The summed E-state index contributed by atoms with van der Waals surface area (Å²) in [6.45, 7) is 4.19.